The lowest BCUT2D eigenvalue weighted by molar-refractivity contribution is 0.136. The summed E-state index contributed by atoms with van der Waals surface area (Å²) in [6, 6.07) is 10.5. The molecule has 1 aliphatic carbocycles. The van der Waals surface area contributed by atoms with E-state index < -0.39 is 0 Å². The molecule has 2 aromatic heterocycles. The van der Waals surface area contributed by atoms with Gasteiger partial charge in [-0.25, -0.2) is 9.97 Å². The van der Waals surface area contributed by atoms with Crippen LogP contribution < -0.4 is 5.32 Å². The van der Waals surface area contributed by atoms with E-state index in [-0.39, 0.29) is 5.41 Å². The van der Waals surface area contributed by atoms with Gasteiger partial charge in [0.15, 0.2) is 5.82 Å². The highest BCUT2D eigenvalue weighted by molar-refractivity contribution is 5.52. The lowest BCUT2D eigenvalue weighted by Crippen LogP contribution is -2.41. The second-order valence-electron chi connectivity index (χ2n) is 8.58. The Morgan fingerprint density at radius 1 is 1.00 bits per heavy atom. The number of hydrogen-bond acceptors (Lipinski definition) is 7. The molecule has 0 bridgehead atoms. The molecule has 1 N–H and O–H groups in total. The quantitative estimate of drug-likeness (QED) is 0.696. The minimum Gasteiger partial charge on any atom is -0.366 e. The van der Waals surface area contributed by atoms with Crippen molar-refractivity contribution in [2.75, 3.05) is 18.4 Å². The summed E-state index contributed by atoms with van der Waals surface area (Å²) in [5.41, 5.74) is 4.03. The van der Waals surface area contributed by atoms with E-state index in [2.05, 4.69) is 44.6 Å². The average molecular weight is 405 g/mol. The normalized spacial score (nSPS) is 17.9. The van der Waals surface area contributed by atoms with Crippen LogP contribution in [0.1, 0.15) is 53.6 Å². The first-order chi connectivity index (χ1) is 14.6. The summed E-state index contributed by atoms with van der Waals surface area (Å²) in [4.78, 5) is 16.5. The predicted octanol–water partition coefficient (Wildman–Crippen LogP) is 3.57. The Hall–Kier alpha value is -2.80. The number of aromatic nitrogens is 4. The molecule has 5 rings (SSSR count). The Bertz CT molecular complexity index is 1020. The second kappa shape index (κ2) is 7.80. The van der Waals surface area contributed by atoms with Crippen LogP contribution in [-0.4, -0.2) is 38.1 Å². The SMILES string of the molecule is Cc1noc(CN2CCC3(CCc4c(NCc5ccccc5)nc(C)nc43)CC2)n1. The van der Waals surface area contributed by atoms with E-state index >= 15 is 0 Å². The van der Waals surface area contributed by atoms with Crippen LogP contribution in [0, 0.1) is 13.8 Å². The molecule has 3 heterocycles. The van der Waals surface area contributed by atoms with Crippen molar-refractivity contribution in [2.45, 2.75) is 58.0 Å². The molecule has 30 heavy (non-hydrogen) atoms. The number of nitrogens with zero attached hydrogens (tertiary/aromatic N) is 5. The Morgan fingerprint density at radius 3 is 2.53 bits per heavy atom. The third-order valence-electron chi connectivity index (χ3n) is 6.52. The van der Waals surface area contributed by atoms with Crippen LogP contribution in [0.4, 0.5) is 5.82 Å². The van der Waals surface area contributed by atoms with E-state index in [9.17, 15) is 0 Å². The molecular weight excluding hydrogens is 376 g/mol. The van der Waals surface area contributed by atoms with Crippen LogP contribution in [0.25, 0.3) is 0 Å². The molecule has 2 aliphatic rings. The number of nitrogens with one attached hydrogen (secondary N) is 1. The van der Waals surface area contributed by atoms with Crippen molar-refractivity contribution < 1.29 is 4.52 Å². The van der Waals surface area contributed by atoms with E-state index in [1.807, 2.05) is 19.9 Å². The number of anilines is 1. The zero-order valence-electron chi connectivity index (χ0n) is 17.7. The molecule has 7 nitrogen and oxygen atoms in total. The fourth-order valence-electron chi connectivity index (χ4n) is 4.90. The minimum atomic E-state index is 0.174. The number of aryl methyl sites for hydroxylation is 2. The van der Waals surface area contributed by atoms with E-state index in [0.29, 0.717) is 11.7 Å². The van der Waals surface area contributed by atoms with E-state index in [1.54, 1.807) is 0 Å². The van der Waals surface area contributed by atoms with Crippen LogP contribution in [0.3, 0.4) is 0 Å². The van der Waals surface area contributed by atoms with Crippen molar-refractivity contribution in [3.05, 3.63) is 64.7 Å². The summed E-state index contributed by atoms with van der Waals surface area (Å²) in [7, 11) is 0. The zero-order chi connectivity index (χ0) is 20.6. The first kappa shape index (κ1) is 19.2. The largest absolute Gasteiger partial charge is 0.366 e. The number of hydrogen-bond donors (Lipinski definition) is 1. The van der Waals surface area contributed by atoms with Gasteiger partial charge in [0.25, 0.3) is 0 Å². The number of likely N-dealkylation sites (tertiary alicyclic amines) is 1. The molecule has 1 fully saturated rings. The van der Waals surface area contributed by atoms with Gasteiger partial charge in [0, 0.05) is 17.5 Å². The Kier molecular flexibility index (Phi) is 4.98. The first-order valence-corrected chi connectivity index (χ1v) is 10.8. The summed E-state index contributed by atoms with van der Waals surface area (Å²) in [5, 5.41) is 7.48. The monoisotopic (exact) mass is 404 g/mol. The maximum Gasteiger partial charge on any atom is 0.240 e. The number of piperidine rings is 1. The smallest absolute Gasteiger partial charge is 0.240 e. The highest BCUT2D eigenvalue weighted by Crippen LogP contribution is 2.47. The minimum absolute atomic E-state index is 0.174. The van der Waals surface area contributed by atoms with Crippen molar-refractivity contribution in [1.82, 2.24) is 25.0 Å². The average Bonchev–Trinajstić information content (AvgIpc) is 3.32. The van der Waals surface area contributed by atoms with Gasteiger partial charge in [-0.05, 0) is 58.2 Å². The molecule has 3 aromatic rings. The van der Waals surface area contributed by atoms with Crippen molar-refractivity contribution in [3.8, 4) is 0 Å². The van der Waals surface area contributed by atoms with E-state index in [1.165, 1.54) is 16.8 Å². The van der Waals surface area contributed by atoms with Gasteiger partial charge < -0.3 is 9.84 Å². The van der Waals surface area contributed by atoms with Gasteiger partial charge in [0.05, 0.1) is 12.2 Å². The molecule has 0 amide bonds. The van der Waals surface area contributed by atoms with Gasteiger partial charge in [-0.15, -0.1) is 0 Å². The maximum absolute atomic E-state index is 5.30. The fraction of sp³-hybridized carbons (Fsp3) is 0.478. The van der Waals surface area contributed by atoms with Crippen LogP contribution in [0.5, 0.6) is 0 Å². The Labute approximate surface area is 176 Å². The third kappa shape index (κ3) is 3.69. The van der Waals surface area contributed by atoms with E-state index in [4.69, 9.17) is 14.5 Å². The molecule has 0 atom stereocenters. The van der Waals surface area contributed by atoms with Crippen molar-refractivity contribution in [3.63, 3.8) is 0 Å². The van der Waals surface area contributed by atoms with Crippen LogP contribution in [-0.2, 0) is 24.9 Å². The number of fused-ring (bicyclic) bond motifs is 2. The molecule has 1 aromatic carbocycles. The standard InChI is InChI=1S/C23H28N6O/c1-16-26-21-19(22(27-16)24-14-18-6-4-3-5-7-18)8-9-23(21)10-12-29(13-11-23)15-20-25-17(2)28-30-20/h3-7H,8-15H2,1-2H3,(H,24,26,27). The summed E-state index contributed by atoms with van der Waals surface area (Å²) < 4.78 is 5.30. The van der Waals surface area contributed by atoms with Crippen LogP contribution >= 0.6 is 0 Å². The fourth-order valence-corrected chi connectivity index (χ4v) is 4.90. The maximum atomic E-state index is 5.30. The van der Waals surface area contributed by atoms with Gasteiger partial charge >= 0.3 is 0 Å². The van der Waals surface area contributed by atoms with Gasteiger partial charge in [-0.2, -0.15) is 4.98 Å². The summed E-state index contributed by atoms with van der Waals surface area (Å²) >= 11 is 0. The van der Waals surface area contributed by atoms with Gasteiger partial charge in [-0.3, -0.25) is 4.90 Å². The van der Waals surface area contributed by atoms with Crippen LogP contribution in [0.2, 0.25) is 0 Å². The molecule has 7 heteroatoms. The summed E-state index contributed by atoms with van der Waals surface area (Å²) in [5.74, 6) is 3.28. The zero-order valence-corrected chi connectivity index (χ0v) is 17.7. The van der Waals surface area contributed by atoms with Crippen molar-refractivity contribution in [2.24, 2.45) is 0 Å². The van der Waals surface area contributed by atoms with Crippen molar-refractivity contribution >= 4 is 5.82 Å². The van der Waals surface area contributed by atoms with Gasteiger partial charge in [0.1, 0.15) is 11.6 Å². The Balaban J connectivity index is 1.31. The van der Waals surface area contributed by atoms with Gasteiger partial charge in [-0.1, -0.05) is 35.5 Å². The van der Waals surface area contributed by atoms with E-state index in [0.717, 1.165) is 63.5 Å². The first-order valence-electron chi connectivity index (χ1n) is 10.8. The molecule has 0 radical (unpaired) electrons. The molecule has 1 spiro atoms. The van der Waals surface area contributed by atoms with Crippen LogP contribution in [0.15, 0.2) is 34.9 Å². The van der Waals surface area contributed by atoms with Crippen molar-refractivity contribution in [1.29, 1.82) is 0 Å². The molecular formula is C23H28N6O. The molecule has 0 unspecified atom stereocenters. The topological polar surface area (TPSA) is 80.0 Å². The second-order valence-corrected chi connectivity index (χ2v) is 8.58. The molecule has 156 valence electrons. The highest BCUT2D eigenvalue weighted by Gasteiger charge is 2.44. The number of benzene rings is 1. The Morgan fingerprint density at radius 2 is 1.80 bits per heavy atom. The summed E-state index contributed by atoms with van der Waals surface area (Å²) in [6.07, 6.45) is 4.44. The highest BCUT2D eigenvalue weighted by atomic mass is 16.5. The number of rotatable bonds is 5. The lowest BCUT2D eigenvalue weighted by atomic mass is 9.76. The predicted molar refractivity (Wildman–Crippen MR) is 114 cm³/mol. The molecule has 0 saturated carbocycles. The van der Waals surface area contributed by atoms with Gasteiger partial charge in [0.2, 0.25) is 5.89 Å². The summed E-state index contributed by atoms with van der Waals surface area (Å²) in [6.45, 7) is 7.43. The lowest BCUT2D eigenvalue weighted by Gasteiger charge is -2.39. The molecule has 1 saturated heterocycles. The molecule has 1 aliphatic heterocycles. The third-order valence-corrected chi connectivity index (χ3v) is 6.52.